The molecule has 1 atom stereocenters. The van der Waals surface area contributed by atoms with Gasteiger partial charge in [0.05, 0.1) is 5.69 Å². The SMILES string of the molecule is CCCCN1C(=O)[C@H](CC(C)C)NC(=O)C12CCN(Cc1c(C)nn(-c3ccc(F)cc3F)c1C)CC2. The van der Waals surface area contributed by atoms with Gasteiger partial charge in [0.2, 0.25) is 11.8 Å². The van der Waals surface area contributed by atoms with E-state index in [0.29, 0.717) is 51.4 Å². The summed E-state index contributed by atoms with van der Waals surface area (Å²) in [6, 6.07) is 3.04. The van der Waals surface area contributed by atoms with Crippen LogP contribution in [-0.4, -0.2) is 62.6 Å². The van der Waals surface area contributed by atoms with Gasteiger partial charge in [-0.2, -0.15) is 5.10 Å². The minimum Gasteiger partial charge on any atom is -0.342 e. The highest BCUT2D eigenvalue weighted by Gasteiger charge is 2.53. The Labute approximate surface area is 218 Å². The molecule has 4 rings (SSSR count). The quantitative estimate of drug-likeness (QED) is 0.570. The van der Waals surface area contributed by atoms with Crippen LogP contribution in [0.4, 0.5) is 8.78 Å². The molecule has 1 aromatic heterocycles. The summed E-state index contributed by atoms with van der Waals surface area (Å²) in [4.78, 5) is 31.1. The number of hydrogen-bond donors (Lipinski definition) is 1. The van der Waals surface area contributed by atoms with Gasteiger partial charge in [0.25, 0.3) is 0 Å². The maximum Gasteiger partial charge on any atom is 0.246 e. The smallest absolute Gasteiger partial charge is 0.246 e. The third-order valence-corrected chi connectivity index (χ3v) is 7.90. The fourth-order valence-corrected chi connectivity index (χ4v) is 5.74. The van der Waals surface area contributed by atoms with E-state index in [1.54, 1.807) is 0 Å². The normalized spacial score (nSPS) is 20.2. The molecule has 3 heterocycles. The van der Waals surface area contributed by atoms with Crippen LogP contribution in [-0.2, 0) is 16.1 Å². The number of nitrogens with one attached hydrogen (secondary N) is 1. The molecule has 2 fully saturated rings. The molecule has 1 N–H and O–H groups in total. The van der Waals surface area contributed by atoms with Gasteiger partial charge in [-0.25, -0.2) is 13.5 Å². The van der Waals surface area contributed by atoms with Gasteiger partial charge in [0.1, 0.15) is 23.1 Å². The minimum atomic E-state index is -0.804. The average molecular weight is 516 g/mol. The van der Waals surface area contributed by atoms with E-state index in [2.05, 4.69) is 36.1 Å². The van der Waals surface area contributed by atoms with Crippen molar-refractivity contribution in [1.82, 2.24) is 24.9 Å². The Hall–Kier alpha value is -2.81. The number of nitrogens with zero attached hydrogens (tertiary/aromatic N) is 4. The van der Waals surface area contributed by atoms with Crippen molar-refractivity contribution in [2.45, 2.75) is 84.8 Å². The average Bonchev–Trinajstić information content (AvgIpc) is 3.11. The number of benzene rings is 1. The van der Waals surface area contributed by atoms with E-state index in [0.717, 1.165) is 35.9 Å². The fourth-order valence-electron chi connectivity index (χ4n) is 5.74. The van der Waals surface area contributed by atoms with Crippen LogP contribution < -0.4 is 5.32 Å². The molecule has 2 saturated heterocycles. The number of halogens is 2. The van der Waals surface area contributed by atoms with E-state index in [9.17, 15) is 18.4 Å². The summed E-state index contributed by atoms with van der Waals surface area (Å²) < 4.78 is 29.4. The van der Waals surface area contributed by atoms with Crippen LogP contribution in [0.3, 0.4) is 0 Å². The molecule has 0 bridgehead atoms. The predicted molar refractivity (Wildman–Crippen MR) is 138 cm³/mol. The molecule has 2 aliphatic heterocycles. The first-order chi connectivity index (χ1) is 17.6. The summed E-state index contributed by atoms with van der Waals surface area (Å²) in [5.41, 5.74) is 1.99. The molecule has 0 aliphatic carbocycles. The van der Waals surface area contributed by atoms with E-state index in [1.165, 1.54) is 16.8 Å². The third-order valence-electron chi connectivity index (χ3n) is 7.90. The Morgan fingerprint density at radius 1 is 1.16 bits per heavy atom. The third kappa shape index (κ3) is 5.28. The van der Waals surface area contributed by atoms with Gasteiger partial charge in [-0.3, -0.25) is 14.5 Å². The maximum atomic E-state index is 14.4. The summed E-state index contributed by atoms with van der Waals surface area (Å²) in [5, 5.41) is 7.58. The molecule has 7 nitrogen and oxygen atoms in total. The maximum absolute atomic E-state index is 14.4. The van der Waals surface area contributed by atoms with Gasteiger partial charge >= 0.3 is 0 Å². The number of piperazine rings is 1. The predicted octanol–water partition coefficient (Wildman–Crippen LogP) is 4.28. The topological polar surface area (TPSA) is 70.5 Å². The second-order valence-corrected chi connectivity index (χ2v) is 11.0. The van der Waals surface area contributed by atoms with Crippen LogP contribution in [0.1, 0.15) is 69.8 Å². The fraction of sp³-hybridized carbons (Fsp3) is 0.607. The number of carbonyl (C=O) groups is 2. The molecule has 2 aromatic rings. The molecular weight excluding hydrogens is 476 g/mol. The Morgan fingerprint density at radius 3 is 2.49 bits per heavy atom. The molecule has 202 valence electrons. The number of unbranched alkanes of at least 4 members (excludes halogenated alkanes) is 1. The number of hydrogen-bond acceptors (Lipinski definition) is 4. The Kier molecular flexibility index (Phi) is 8.02. The molecule has 1 aromatic carbocycles. The number of amides is 2. The molecule has 37 heavy (non-hydrogen) atoms. The Bertz CT molecular complexity index is 1150. The van der Waals surface area contributed by atoms with E-state index in [-0.39, 0.29) is 17.5 Å². The molecular formula is C28H39F2N5O2. The first kappa shape index (κ1) is 27.2. The second kappa shape index (κ2) is 10.9. The summed E-state index contributed by atoms with van der Waals surface area (Å²) in [5.74, 6) is -0.953. The van der Waals surface area contributed by atoms with Crippen molar-refractivity contribution in [2.24, 2.45) is 5.92 Å². The van der Waals surface area contributed by atoms with Crippen molar-refractivity contribution in [3.05, 3.63) is 46.8 Å². The number of aryl methyl sites for hydroxylation is 1. The molecule has 2 amide bonds. The van der Waals surface area contributed by atoms with Crippen molar-refractivity contribution in [1.29, 1.82) is 0 Å². The highest BCUT2D eigenvalue weighted by atomic mass is 19.1. The van der Waals surface area contributed by atoms with Gasteiger partial charge in [0.15, 0.2) is 5.82 Å². The van der Waals surface area contributed by atoms with Gasteiger partial charge in [-0.15, -0.1) is 0 Å². The van der Waals surface area contributed by atoms with E-state index >= 15 is 0 Å². The monoisotopic (exact) mass is 515 g/mol. The van der Waals surface area contributed by atoms with Gasteiger partial charge in [-0.05, 0) is 57.6 Å². The van der Waals surface area contributed by atoms with Crippen molar-refractivity contribution >= 4 is 11.8 Å². The molecule has 1 spiro atoms. The Balaban J connectivity index is 1.51. The number of rotatable bonds is 8. The first-order valence-corrected chi connectivity index (χ1v) is 13.4. The van der Waals surface area contributed by atoms with E-state index < -0.39 is 23.2 Å². The van der Waals surface area contributed by atoms with Crippen LogP contribution in [0.25, 0.3) is 5.69 Å². The standard InChI is InChI=1S/C28H39F2N5O2/c1-6-7-12-34-26(36)24(15-18(2)3)31-27(37)28(34)10-13-33(14-11-28)17-22-19(4)32-35(20(22)5)25-9-8-21(29)16-23(25)30/h8-9,16,18,24H,6-7,10-15,17H2,1-5H3,(H,31,37)/t24-/m0/s1. The first-order valence-electron chi connectivity index (χ1n) is 13.4. The van der Waals surface area contributed by atoms with Gasteiger partial charge in [0, 0.05) is 43.5 Å². The lowest BCUT2D eigenvalue weighted by atomic mass is 9.80. The van der Waals surface area contributed by atoms with E-state index in [1.807, 2.05) is 18.7 Å². The zero-order chi connectivity index (χ0) is 26.9. The lowest BCUT2D eigenvalue weighted by Gasteiger charge is -2.52. The molecule has 0 unspecified atom stereocenters. The lowest BCUT2D eigenvalue weighted by molar-refractivity contribution is -0.161. The zero-order valence-corrected chi connectivity index (χ0v) is 22.6. The van der Waals surface area contributed by atoms with Crippen molar-refractivity contribution in [2.75, 3.05) is 19.6 Å². The van der Waals surface area contributed by atoms with E-state index in [4.69, 9.17) is 0 Å². The number of aromatic nitrogens is 2. The molecule has 0 saturated carbocycles. The number of piperidine rings is 1. The van der Waals surface area contributed by atoms with Crippen LogP contribution in [0.15, 0.2) is 18.2 Å². The van der Waals surface area contributed by atoms with Crippen molar-refractivity contribution < 1.29 is 18.4 Å². The molecule has 2 aliphatic rings. The molecule has 0 radical (unpaired) electrons. The lowest BCUT2D eigenvalue weighted by Crippen LogP contribution is -2.73. The van der Waals surface area contributed by atoms with Crippen LogP contribution in [0.2, 0.25) is 0 Å². The van der Waals surface area contributed by atoms with Gasteiger partial charge < -0.3 is 10.2 Å². The van der Waals surface area contributed by atoms with Crippen molar-refractivity contribution in [3.8, 4) is 5.69 Å². The summed E-state index contributed by atoms with van der Waals surface area (Å²) >= 11 is 0. The molecule has 9 heteroatoms. The highest BCUT2D eigenvalue weighted by molar-refractivity contribution is 6.00. The van der Waals surface area contributed by atoms with Gasteiger partial charge in [-0.1, -0.05) is 27.2 Å². The van der Waals surface area contributed by atoms with Crippen LogP contribution in [0.5, 0.6) is 0 Å². The minimum absolute atomic E-state index is 0.0273. The van der Waals surface area contributed by atoms with Crippen LogP contribution >= 0.6 is 0 Å². The summed E-state index contributed by atoms with van der Waals surface area (Å²) in [7, 11) is 0. The number of likely N-dealkylation sites (tertiary alicyclic amines) is 1. The highest BCUT2D eigenvalue weighted by Crippen LogP contribution is 2.35. The zero-order valence-electron chi connectivity index (χ0n) is 22.6. The summed E-state index contributed by atoms with van der Waals surface area (Å²) in [6.07, 6.45) is 3.62. The van der Waals surface area contributed by atoms with Crippen molar-refractivity contribution in [3.63, 3.8) is 0 Å². The van der Waals surface area contributed by atoms with Crippen LogP contribution in [0, 0.1) is 31.4 Å². The second-order valence-electron chi connectivity index (χ2n) is 11.0. The largest absolute Gasteiger partial charge is 0.342 e. The summed E-state index contributed by atoms with van der Waals surface area (Å²) in [6.45, 7) is 12.5. The Morgan fingerprint density at radius 2 is 1.86 bits per heavy atom. The number of carbonyl (C=O) groups excluding carboxylic acids is 2.